The van der Waals surface area contributed by atoms with Crippen molar-refractivity contribution in [3.63, 3.8) is 0 Å². The number of thiophene rings is 1. The van der Waals surface area contributed by atoms with Crippen LogP contribution in [0.15, 0.2) is 158 Å². The summed E-state index contributed by atoms with van der Waals surface area (Å²) in [5.41, 5.74) is 8.69. The number of hydrogen-bond donors (Lipinski definition) is 0. The van der Waals surface area contributed by atoms with Gasteiger partial charge in [0.1, 0.15) is 11.3 Å². The molecule has 0 bridgehead atoms. The molecule has 49 heavy (non-hydrogen) atoms. The minimum Gasteiger partial charge on any atom is -0.452 e. The van der Waals surface area contributed by atoms with Crippen LogP contribution in [-0.4, -0.2) is 9.55 Å². The third-order valence-corrected chi connectivity index (χ3v) is 11.1. The smallest absolute Gasteiger partial charge is 0.159 e. The Labute approximate surface area is 285 Å². The molecule has 1 aliphatic rings. The van der Waals surface area contributed by atoms with Gasteiger partial charge in [-0.3, -0.25) is 4.57 Å². The third kappa shape index (κ3) is 3.80. The second-order valence-corrected chi connectivity index (χ2v) is 13.8. The number of imidazole rings is 1. The normalized spacial score (nSPS) is 12.2. The molecule has 0 radical (unpaired) electrons. The molecule has 0 atom stereocenters. The van der Waals surface area contributed by atoms with Gasteiger partial charge < -0.3 is 4.74 Å². The van der Waals surface area contributed by atoms with Crippen LogP contribution in [0.2, 0.25) is 0 Å². The summed E-state index contributed by atoms with van der Waals surface area (Å²) in [5, 5.41) is 7.47. The van der Waals surface area contributed by atoms with Gasteiger partial charge in [-0.05, 0) is 63.0 Å². The highest BCUT2D eigenvalue weighted by molar-refractivity contribution is 7.25. The Hall–Kier alpha value is -6.23. The molecule has 228 valence electrons. The first kappa shape index (κ1) is 26.8. The Morgan fingerprint density at radius 3 is 1.92 bits per heavy atom. The van der Waals surface area contributed by atoms with Crippen molar-refractivity contribution in [2.24, 2.45) is 0 Å². The molecule has 0 unspecified atom stereocenters. The first-order valence-corrected chi connectivity index (χ1v) is 17.4. The number of benzene rings is 8. The SMILES string of the molecule is c1ccc(-c2nc3cccc4c3n2-c2cccc(-c3c5ccccc5c(-c5ccc6c(c5)sc5ccccc56)c5ccccc35)c2O4)cc1. The lowest BCUT2D eigenvalue weighted by molar-refractivity contribution is 0.478. The Balaban J connectivity index is 1.20. The van der Waals surface area contributed by atoms with E-state index >= 15 is 0 Å². The molecule has 0 N–H and O–H groups in total. The first-order chi connectivity index (χ1) is 24.3. The van der Waals surface area contributed by atoms with E-state index in [4.69, 9.17) is 9.72 Å². The fraction of sp³-hybridized carbons (Fsp3) is 0. The average Bonchev–Trinajstić information content (AvgIpc) is 3.74. The van der Waals surface area contributed by atoms with Crippen molar-refractivity contribution >= 4 is 64.1 Å². The maximum atomic E-state index is 6.91. The molecule has 0 amide bonds. The average molecular weight is 643 g/mol. The van der Waals surface area contributed by atoms with E-state index in [2.05, 4.69) is 150 Å². The molecule has 3 nitrogen and oxygen atoms in total. The molecule has 0 aliphatic carbocycles. The Morgan fingerprint density at radius 2 is 1.14 bits per heavy atom. The van der Waals surface area contributed by atoms with Gasteiger partial charge in [-0.1, -0.05) is 127 Å². The molecule has 0 spiro atoms. The largest absolute Gasteiger partial charge is 0.452 e. The molecule has 0 fully saturated rings. The van der Waals surface area contributed by atoms with E-state index in [0.717, 1.165) is 45.2 Å². The lowest BCUT2D eigenvalue weighted by Gasteiger charge is -2.25. The van der Waals surface area contributed by atoms with Crippen molar-refractivity contribution in [2.45, 2.75) is 0 Å². The summed E-state index contributed by atoms with van der Waals surface area (Å²) in [4.78, 5) is 5.12. The zero-order valence-corrected chi connectivity index (χ0v) is 27.0. The van der Waals surface area contributed by atoms with Gasteiger partial charge in [0.05, 0.1) is 11.2 Å². The number of fused-ring (bicyclic) bond motifs is 7. The van der Waals surface area contributed by atoms with Crippen LogP contribution in [0.4, 0.5) is 0 Å². The molecular weight excluding hydrogens is 617 g/mol. The standard InChI is InChI=1S/C45H26N2OS/c1-2-12-27(13-3-1)45-46-36-20-11-22-38-43(36)47(45)37-21-10-19-35(44(37)48-38)42-33-17-6-4-15-31(33)41(32-16-5-7-18-34(32)42)28-24-25-30-29-14-8-9-23-39(29)49-40(30)26-28/h1-26H. The van der Waals surface area contributed by atoms with Crippen molar-refractivity contribution in [1.29, 1.82) is 0 Å². The Kier molecular flexibility index (Phi) is 5.54. The van der Waals surface area contributed by atoms with Gasteiger partial charge >= 0.3 is 0 Å². The molecule has 3 heterocycles. The van der Waals surface area contributed by atoms with E-state index in [0.29, 0.717) is 0 Å². The highest BCUT2D eigenvalue weighted by Gasteiger charge is 2.28. The molecule has 0 saturated carbocycles. The number of rotatable bonds is 3. The molecule has 11 rings (SSSR count). The number of hydrogen-bond acceptors (Lipinski definition) is 3. The van der Waals surface area contributed by atoms with Crippen molar-refractivity contribution in [3.05, 3.63) is 158 Å². The van der Waals surface area contributed by atoms with Crippen LogP contribution in [0.1, 0.15) is 0 Å². The van der Waals surface area contributed by atoms with Crippen LogP contribution >= 0.6 is 11.3 Å². The monoisotopic (exact) mass is 642 g/mol. The van der Waals surface area contributed by atoms with Gasteiger partial charge in [0, 0.05) is 36.9 Å². The molecule has 1 aliphatic heterocycles. The number of para-hydroxylation sites is 2. The van der Waals surface area contributed by atoms with Crippen molar-refractivity contribution < 1.29 is 4.74 Å². The van der Waals surface area contributed by atoms with Crippen LogP contribution in [0.5, 0.6) is 11.5 Å². The highest BCUT2D eigenvalue weighted by atomic mass is 32.1. The predicted molar refractivity (Wildman–Crippen MR) is 205 cm³/mol. The van der Waals surface area contributed by atoms with Crippen LogP contribution in [-0.2, 0) is 0 Å². The summed E-state index contributed by atoms with van der Waals surface area (Å²) in [6.45, 7) is 0. The number of nitrogens with zero attached hydrogens (tertiary/aromatic N) is 2. The molecular formula is C45H26N2OS. The van der Waals surface area contributed by atoms with E-state index in [-0.39, 0.29) is 0 Å². The van der Waals surface area contributed by atoms with Crippen molar-refractivity contribution in [3.8, 4) is 50.8 Å². The minimum atomic E-state index is 0.814. The lowest BCUT2D eigenvalue weighted by Crippen LogP contribution is -2.07. The van der Waals surface area contributed by atoms with E-state index in [9.17, 15) is 0 Å². The topological polar surface area (TPSA) is 27.1 Å². The second kappa shape index (κ2) is 10.1. The maximum absolute atomic E-state index is 6.91. The highest BCUT2D eigenvalue weighted by Crippen LogP contribution is 2.52. The van der Waals surface area contributed by atoms with Crippen LogP contribution in [0, 0.1) is 0 Å². The summed E-state index contributed by atoms with van der Waals surface area (Å²) in [6, 6.07) is 56.5. The summed E-state index contributed by atoms with van der Waals surface area (Å²) >= 11 is 1.87. The van der Waals surface area contributed by atoms with Crippen molar-refractivity contribution in [1.82, 2.24) is 9.55 Å². The van der Waals surface area contributed by atoms with Gasteiger partial charge in [0.2, 0.25) is 0 Å². The van der Waals surface area contributed by atoms with Gasteiger partial charge in [-0.15, -0.1) is 11.3 Å². The zero-order valence-electron chi connectivity index (χ0n) is 26.2. The third-order valence-electron chi connectivity index (χ3n) is 9.99. The summed E-state index contributed by atoms with van der Waals surface area (Å²) in [5.74, 6) is 2.56. The second-order valence-electron chi connectivity index (χ2n) is 12.7. The number of aromatic nitrogens is 2. The van der Waals surface area contributed by atoms with E-state index in [1.807, 2.05) is 23.5 Å². The van der Waals surface area contributed by atoms with Crippen molar-refractivity contribution in [2.75, 3.05) is 0 Å². The fourth-order valence-corrected chi connectivity index (χ4v) is 9.06. The van der Waals surface area contributed by atoms with Gasteiger partial charge in [0.25, 0.3) is 0 Å². The predicted octanol–water partition coefficient (Wildman–Crippen LogP) is 12.8. The van der Waals surface area contributed by atoms with Gasteiger partial charge in [0.15, 0.2) is 11.5 Å². The zero-order chi connectivity index (χ0) is 32.1. The number of ether oxygens (including phenoxy) is 1. The summed E-state index contributed by atoms with van der Waals surface area (Å²) in [6.07, 6.45) is 0. The molecule has 4 heteroatoms. The quantitative estimate of drug-likeness (QED) is 0.179. The lowest BCUT2D eigenvalue weighted by atomic mass is 9.85. The minimum absolute atomic E-state index is 0.814. The first-order valence-electron chi connectivity index (χ1n) is 16.6. The fourth-order valence-electron chi connectivity index (χ4n) is 7.92. The van der Waals surface area contributed by atoms with Crippen LogP contribution < -0.4 is 4.74 Å². The van der Waals surface area contributed by atoms with E-state index in [1.54, 1.807) is 0 Å². The molecule has 8 aromatic carbocycles. The summed E-state index contributed by atoms with van der Waals surface area (Å²) in [7, 11) is 0. The molecule has 2 aromatic heterocycles. The Morgan fingerprint density at radius 1 is 0.490 bits per heavy atom. The van der Waals surface area contributed by atoms with Gasteiger partial charge in [-0.2, -0.15) is 0 Å². The summed E-state index contributed by atoms with van der Waals surface area (Å²) < 4.78 is 11.8. The molecule has 10 aromatic rings. The molecule has 0 saturated heterocycles. The Bertz CT molecular complexity index is 2910. The van der Waals surface area contributed by atoms with Crippen LogP contribution in [0.25, 0.3) is 92.1 Å². The van der Waals surface area contributed by atoms with Gasteiger partial charge in [-0.25, -0.2) is 4.98 Å². The van der Waals surface area contributed by atoms with E-state index in [1.165, 1.54) is 58.4 Å². The van der Waals surface area contributed by atoms with Crippen LogP contribution in [0.3, 0.4) is 0 Å². The maximum Gasteiger partial charge on any atom is 0.159 e. The van der Waals surface area contributed by atoms with E-state index < -0.39 is 0 Å².